The van der Waals surface area contributed by atoms with Crippen molar-refractivity contribution in [3.05, 3.63) is 64.9 Å². The fourth-order valence-electron chi connectivity index (χ4n) is 2.57. The zero-order valence-corrected chi connectivity index (χ0v) is 14.2. The minimum atomic E-state index is -0.748. The van der Waals surface area contributed by atoms with Crippen LogP contribution in [-0.4, -0.2) is 25.0 Å². The number of rotatable bonds is 4. The summed E-state index contributed by atoms with van der Waals surface area (Å²) in [5, 5.41) is 0. The molecule has 0 N–H and O–H groups in total. The molecule has 2 aromatic carbocycles. The van der Waals surface area contributed by atoms with E-state index in [-0.39, 0.29) is 11.5 Å². The van der Waals surface area contributed by atoms with E-state index in [1.165, 1.54) is 7.11 Å². The maximum atomic E-state index is 12.5. The summed E-state index contributed by atoms with van der Waals surface area (Å²) < 4.78 is 15.8. The standard InChI is InChI=1S/C20H18O5/c1-12-5-4-6-14(9-12)10-18-19(21)16-8-7-15(11-17(16)25-18)24-13(2)20(22)23-3/h4-11,13H,1-3H3/b18-10-/t13-/m0/s1. The van der Waals surface area contributed by atoms with Gasteiger partial charge in [-0.1, -0.05) is 29.8 Å². The summed E-state index contributed by atoms with van der Waals surface area (Å²) in [6.07, 6.45) is 0.967. The van der Waals surface area contributed by atoms with Crippen LogP contribution in [0.15, 0.2) is 48.2 Å². The van der Waals surface area contributed by atoms with Gasteiger partial charge in [0.15, 0.2) is 11.9 Å². The Bertz CT molecular complexity index is 866. The van der Waals surface area contributed by atoms with Crippen molar-refractivity contribution in [2.75, 3.05) is 7.11 Å². The quantitative estimate of drug-likeness (QED) is 0.630. The molecular formula is C20H18O5. The lowest BCUT2D eigenvalue weighted by molar-refractivity contribution is -0.147. The van der Waals surface area contributed by atoms with Gasteiger partial charge in [0.2, 0.25) is 5.78 Å². The lowest BCUT2D eigenvalue weighted by Gasteiger charge is -2.12. The van der Waals surface area contributed by atoms with Crippen LogP contribution < -0.4 is 9.47 Å². The van der Waals surface area contributed by atoms with Crippen LogP contribution in [0, 0.1) is 6.92 Å². The Morgan fingerprint density at radius 2 is 2.00 bits per heavy atom. The van der Waals surface area contributed by atoms with Gasteiger partial charge < -0.3 is 14.2 Å². The lowest BCUT2D eigenvalue weighted by Crippen LogP contribution is -2.24. The molecule has 2 aromatic rings. The maximum Gasteiger partial charge on any atom is 0.346 e. The Kier molecular flexibility index (Phi) is 4.57. The highest BCUT2D eigenvalue weighted by Crippen LogP contribution is 2.35. The van der Waals surface area contributed by atoms with Crippen molar-refractivity contribution in [1.29, 1.82) is 0 Å². The lowest BCUT2D eigenvalue weighted by atomic mass is 10.1. The summed E-state index contributed by atoms with van der Waals surface area (Å²) in [5.74, 6) is 0.458. The summed E-state index contributed by atoms with van der Waals surface area (Å²) in [7, 11) is 1.30. The fraction of sp³-hybridized carbons (Fsp3) is 0.200. The Hall–Kier alpha value is -3.08. The number of hydrogen-bond acceptors (Lipinski definition) is 5. The van der Waals surface area contributed by atoms with E-state index in [2.05, 4.69) is 4.74 Å². The predicted molar refractivity (Wildman–Crippen MR) is 92.7 cm³/mol. The van der Waals surface area contributed by atoms with E-state index in [1.807, 2.05) is 31.2 Å². The van der Waals surface area contributed by atoms with Crippen molar-refractivity contribution in [1.82, 2.24) is 0 Å². The zero-order valence-electron chi connectivity index (χ0n) is 14.2. The van der Waals surface area contributed by atoms with Crippen LogP contribution in [0.1, 0.15) is 28.4 Å². The molecule has 0 spiro atoms. The van der Waals surface area contributed by atoms with Gasteiger partial charge in [0.05, 0.1) is 12.7 Å². The van der Waals surface area contributed by atoms with Gasteiger partial charge in [0.1, 0.15) is 11.5 Å². The summed E-state index contributed by atoms with van der Waals surface area (Å²) >= 11 is 0. The van der Waals surface area contributed by atoms with Crippen LogP contribution in [0.5, 0.6) is 11.5 Å². The number of carbonyl (C=O) groups excluding carboxylic acids is 2. The van der Waals surface area contributed by atoms with E-state index >= 15 is 0 Å². The largest absolute Gasteiger partial charge is 0.479 e. The predicted octanol–water partition coefficient (Wildman–Crippen LogP) is 3.55. The number of Topliss-reactive ketones (excluding diaryl/α,β-unsaturated/α-hetero) is 1. The van der Waals surface area contributed by atoms with Gasteiger partial charge in [0.25, 0.3) is 0 Å². The van der Waals surface area contributed by atoms with Gasteiger partial charge in [-0.2, -0.15) is 0 Å². The number of carbonyl (C=O) groups is 2. The molecule has 1 atom stereocenters. The van der Waals surface area contributed by atoms with Gasteiger partial charge in [0, 0.05) is 6.07 Å². The van der Waals surface area contributed by atoms with Crippen LogP contribution in [0.2, 0.25) is 0 Å². The van der Waals surface area contributed by atoms with E-state index in [1.54, 1.807) is 31.2 Å². The topological polar surface area (TPSA) is 61.8 Å². The third-order valence-electron chi connectivity index (χ3n) is 3.83. The number of ketones is 1. The first kappa shape index (κ1) is 16.8. The van der Waals surface area contributed by atoms with Crippen molar-refractivity contribution < 1.29 is 23.8 Å². The summed E-state index contributed by atoms with van der Waals surface area (Å²) in [5.41, 5.74) is 2.47. The fourth-order valence-corrected chi connectivity index (χ4v) is 2.57. The highest BCUT2D eigenvalue weighted by atomic mass is 16.6. The second-order valence-electron chi connectivity index (χ2n) is 5.80. The number of fused-ring (bicyclic) bond motifs is 1. The van der Waals surface area contributed by atoms with Crippen molar-refractivity contribution >= 4 is 17.8 Å². The molecule has 0 amide bonds. The normalized spacial score (nSPS) is 15.5. The molecule has 5 nitrogen and oxygen atoms in total. The molecule has 0 fully saturated rings. The SMILES string of the molecule is COC(=O)[C@H](C)Oc1ccc2c(c1)O/C(=C\c1cccc(C)c1)C2=O. The Balaban J connectivity index is 1.83. The third-order valence-corrected chi connectivity index (χ3v) is 3.83. The Morgan fingerprint density at radius 3 is 2.72 bits per heavy atom. The summed E-state index contributed by atoms with van der Waals surface area (Å²) in [4.78, 5) is 23.9. The smallest absolute Gasteiger partial charge is 0.346 e. The van der Waals surface area contributed by atoms with Crippen LogP contribution in [0.25, 0.3) is 6.08 Å². The van der Waals surface area contributed by atoms with Gasteiger partial charge in [-0.05, 0) is 37.6 Å². The van der Waals surface area contributed by atoms with Crippen molar-refractivity contribution in [2.24, 2.45) is 0 Å². The molecule has 128 valence electrons. The van der Waals surface area contributed by atoms with Crippen LogP contribution in [0.4, 0.5) is 0 Å². The van der Waals surface area contributed by atoms with Gasteiger partial charge in [-0.15, -0.1) is 0 Å². The van der Waals surface area contributed by atoms with E-state index < -0.39 is 12.1 Å². The second-order valence-corrected chi connectivity index (χ2v) is 5.80. The molecule has 0 aromatic heterocycles. The molecule has 0 unspecified atom stereocenters. The minimum absolute atomic E-state index is 0.177. The Morgan fingerprint density at radius 1 is 1.20 bits per heavy atom. The summed E-state index contributed by atoms with van der Waals surface area (Å²) in [6.45, 7) is 3.58. The average Bonchev–Trinajstić information content (AvgIpc) is 2.89. The summed E-state index contributed by atoms with van der Waals surface area (Å²) in [6, 6.07) is 12.7. The maximum absolute atomic E-state index is 12.5. The molecular weight excluding hydrogens is 320 g/mol. The first-order valence-corrected chi connectivity index (χ1v) is 7.87. The average molecular weight is 338 g/mol. The highest BCUT2D eigenvalue weighted by molar-refractivity contribution is 6.14. The third kappa shape index (κ3) is 3.55. The second kappa shape index (κ2) is 6.81. The van der Waals surface area contributed by atoms with Crippen molar-refractivity contribution in [3.8, 4) is 11.5 Å². The van der Waals surface area contributed by atoms with Crippen molar-refractivity contribution in [3.63, 3.8) is 0 Å². The molecule has 5 heteroatoms. The number of methoxy groups -OCH3 is 1. The van der Waals surface area contributed by atoms with Gasteiger partial charge >= 0.3 is 5.97 Å². The molecule has 1 heterocycles. The molecule has 0 bridgehead atoms. The first-order valence-electron chi connectivity index (χ1n) is 7.87. The number of ether oxygens (including phenoxy) is 3. The van der Waals surface area contributed by atoms with E-state index in [0.717, 1.165) is 11.1 Å². The molecule has 0 saturated carbocycles. The van der Waals surface area contributed by atoms with Crippen molar-refractivity contribution in [2.45, 2.75) is 20.0 Å². The Labute approximate surface area is 145 Å². The molecule has 0 aliphatic carbocycles. The van der Waals surface area contributed by atoms with Gasteiger partial charge in [-0.3, -0.25) is 4.79 Å². The highest BCUT2D eigenvalue weighted by Gasteiger charge is 2.28. The first-order chi connectivity index (χ1) is 12.0. The molecule has 3 rings (SSSR count). The monoisotopic (exact) mass is 338 g/mol. The molecule has 0 radical (unpaired) electrons. The van der Waals surface area contributed by atoms with E-state index in [4.69, 9.17) is 9.47 Å². The minimum Gasteiger partial charge on any atom is -0.479 e. The van der Waals surface area contributed by atoms with E-state index in [9.17, 15) is 9.59 Å². The zero-order chi connectivity index (χ0) is 18.0. The van der Waals surface area contributed by atoms with Crippen LogP contribution in [-0.2, 0) is 9.53 Å². The molecule has 0 saturated heterocycles. The van der Waals surface area contributed by atoms with Gasteiger partial charge in [-0.25, -0.2) is 4.79 Å². The molecule has 1 aliphatic heterocycles. The number of benzene rings is 2. The van der Waals surface area contributed by atoms with Crippen LogP contribution >= 0.6 is 0 Å². The number of hydrogen-bond donors (Lipinski definition) is 0. The number of aryl methyl sites for hydroxylation is 1. The van der Waals surface area contributed by atoms with E-state index in [0.29, 0.717) is 17.1 Å². The number of allylic oxidation sites excluding steroid dienone is 1. The molecule has 25 heavy (non-hydrogen) atoms. The number of esters is 1. The van der Waals surface area contributed by atoms with Crippen LogP contribution in [0.3, 0.4) is 0 Å². The molecule has 1 aliphatic rings.